The van der Waals surface area contributed by atoms with Gasteiger partial charge in [0.15, 0.2) is 0 Å². The molecule has 0 aliphatic heterocycles. The Kier molecular flexibility index (Phi) is 1.80. The van der Waals surface area contributed by atoms with Crippen molar-refractivity contribution in [2.45, 2.75) is 38.5 Å². The number of hydrogen-bond acceptors (Lipinski definition) is 1. The van der Waals surface area contributed by atoms with Crippen LogP contribution in [-0.4, -0.2) is 7.11 Å². The van der Waals surface area contributed by atoms with Gasteiger partial charge in [-0.2, -0.15) is 0 Å². The van der Waals surface area contributed by atoms with E-state index in [2.05, 4.69) is 12.7 Å². The third-order valence-corrected chi connectivity index (χ3v) is 6.61. The summed E-state index contributed by atoms with van der Waals surface area (Å²) in [6.45, 7) is 4.36. The fraction of sp³-hybridized carbons (Fsp3) is 0.750. The fourth-order valence-corrected chi connectivity index (χ4v) is 5.88. The van der Waals surface area contributed by atoms with Gasteiger partial charge in [0.25, 0.3) is 0 Å². The van der Waals surface area contributed by atoms with Crippen molar-refractivity contribution >= 4 is 0 Å². The van der Waals surface area contributed by atoms with Crippen LogP contribution in [0.15, 0.2) is 24.5 Å². The Balaban J connectivity index is 1.76. The van der Waals surface area contributed by atoms with Crippen LogP contribution < -0.4 is 0 Å². The highest BCUT2D eigenvalue weighted by Crippen LogP contribution is 2.86. The first-order chi connectivity index (χ1) is 8.23. The summed E-state index contributed by atoms with van der Waals surface area (Å²) in [5.41, 5.74) is 2.77. The second-order valence-corrected chi connectivity index (χ2v) is 6.79. The molecular weight excluding hydrogens is 208 g/mol. The van der Waals surface area contributed by atoms with Crippen LogP contribution in [0.25, 0.3) is 0 Å². The van der Waals surface area contributed by atoms with Gasteiger partial charge in [0.05, 0.1) is 13.4 Å². The number of fused-ring (bicyclic) bond motifs is 2. The molecular formula is C16H22O. The Bertz CT molecular complexity index is 410. The van der Waals surface area contributed by atoms with Crippen LogP contribution in [0.5, 0.6) is 0 Å². The highest BCUT2D eigenvalue weighted by Gasteiger charge is 2.79. The maximum Gasteiger partial charge on any atom is 0.0790 e. The predicted molar refractivity (Wildman–Crippen MR) is 68.3 cm³/mol. The smallest absolute Gasteiger partial charge is 0.0790 e. The van der Waals surface area contributed by atoms with Crippen molar-refractivity contribution in [2.75, 3.05) is 7.11 Å². The van der Waals surface area contributed by atoms with E-state index in [1.807, 2.05) is 6.26 Å². The largest absolute Gasteiger partial charge is 0.505 e. The zero-order valence-electron chi connectivity index (χ0n) is 10.7. The van der Waals surface area contributed by atoms with E-state index < -0.39 is 0 Å². The van der Waals surface area contributed by atoms with E-state index in [1.54, 1.807) is 12.7 Å². The number of hydrogen-bond donors (Lipinski definition) is 0. The molecule has 4 rings (SSSR count). The molecule has 1 heteroatoms. The van der Waals surface area contributed by atoms with E-state index in [1.165, 1.54) is 38.5 Å². The molecule has 92 valence electrons. The molecule has 1 spiro atoms. The van der Waals surface area contributed by atoms with Gasteiger partial charge in [-0.3, -0.25) is 0 Å². The Hall–Kier alpha value is -0.720. The van der Waals surface area contributed by atoms with Gasteiger partial charge < -0.3 is 4.74 Å². The summed E-state index contributed by atoms with van der Waals surface area (Å²) in [5.74, 6) is 2.74. The van der Waals surface area contributed by atoms with E-state index in [4.69, 9.17) is 4.74 Å². The molecule has 4 saturated carbocycles. The molecule has 5 atom stereocenters. The van der Waals surface area contributed by atoms with Crippen molar-refractivity contribution in [2.24, 2.45) is 28.6 Å². The van der Waals surface area contributed by atoms with Crippen LogP contribution >= 0.6 is 0 Å². The standard InChI is InChI=1S/C16H22O/c1-11-3-4-12-9-14-13(11)5-6-16(14)10-15(12,16)7-8-17-2/h7-8,12-14H,1,3-6,9-10H2,2H3/b8-7-/t12-,13+,14-,15+,16-/m1/s1. The van der Waals surface area contributed by atoms with Crippen LogP contribution in [0.3, 0.4) is 0 Å². The first-order valence-corrected chi connectivity index (χ1v) is 7.12. The first kappa shape index (κ1) is 10.2. The lowest BCUT2D eigenvalue weighted by molar-refractivity contribution is 0.305. The molecule has 0 N–H and O–H groups in total. The second-order valence-electron chi connectivity index (χ2n) is 6.79. The molecule has 0 aromatic rings. The molecule has 2 bridgehead atoms. The number of allylic oxidation sites excluding steroid dienone is 2. The summed E-state index contributed by atoms with van der Waals surface area (Å²) in [5, 5.41) is 0. The highest BCUT2D eigenvalue weighted by molar-refractivity contribution is 5.36. The monoisotopic (exact) mass is 230 g/mol. The summed E-state index contributed by atoms with van der Waals surface area (Å²) >= 11 is 0. The summed E-state index contributed by atoms with van der Waals surface area (Å²) < 4.78 is 5.20. The van der Waals surface area contributed by atoms with Crippen molar-refractivity contribution in [1.29, 1.82) is 0 Å². The Morgan fingerprint density at radius 2 is 2.29 bits per heavy atom. The van der Waals surface area contributed by atoms with Crippen molar-refractivity contribution in [1.82, 2.24) is 0 Å². The van der Waals surface area contributed by atoms with Gasteiger partial charge in [0, 0.05) is 5.41 Å². The topological polar surface area (TPSA) is 9.23 Å². The second kappa shape index (κ2) is 2.99. The molecule has 0 unspecified atom stereocenters. The Labute approximate surface area is 104 Å². The minimum absolute atomic E-state index is 0.531. The van der Waals surface area contributed by atoms with Crippen LogP contribution in [0, 0.1) is 28.6 Å². The molecule has 4 aliphatic rings. The molecule has 0 radical (unpaired) electrons. The summed E-state index contributed by atoms with van der Waals surface area (Å²) in [7, 11) is 1.77. The summed E-state index contributed by atoms with van der Waals surface area (Å²) in [6.07, 6.45) is 12.8. The van der Waals surface area contributed by atoms with Crippen molar-refractivity contribution < 1.29 is 4.74 Å². The third-order valence-electron chi connectivity index (χ3n) is 6.61. The Morgan fingerprint density at radius 3 is 3.12 bits per heavy atom. The van der Waals surface area contributed by atoms with E-state index in [0.29, 0.717) is 10.8 Å². The van der Waals surface area contributed by atoms with E-state index >= 15 is 0 Å². The van der Waals surface area contributed by atoms with E-state index in [9.17, 15) is 0 Å². The highest BCUT2D eigenvalue weighted by atomic mass is 16.5. The van der Waals surface area contributed by atoms with Crippen LogP contribution in [0.1, 0.15) is 38.5 Å². The molecule has 17 heavy (non-hydrogen) atoms. The van der Waals surface area contributed by atoms with Gasteiger partial charge in [-0.05, 0) is 67.8 Å². The SMILES string of the molecule is C=C1CC[C@@H]2C[C@@H]3[C@H]1CC[C@@]31C[C@@]21/C=C\OC. The van der Waals surface area contributed by atoms with E-state index in [0.717, 1.165) is 17.8 Å². The van der Waals surface area contributed by atoms with Crippen molar-refractivity contribution in [3.63, 3.8) is 0 Å². The third kappa shape index (κ3) is 0.986. The molecule has 4 aliphatic carbocycles. The van der Waals surface area contributed by atoms with Gasteiger partial charge in [0.2, 0.25) is 0 Å². The number of methoxy groups -OCH3 is 1. The molecule has 0 heterocycles. The van der Waals surface area contributed by atoms with Crippen LogP contribution in [-0.2, 0) is 4.74 Å². The Morgan fingerprint density at radius 1 is 1.41 bits per heavy atom. The number of ether oxygens (including phenoxy) is 1. The maximum absolute atomic E-state index is 5.20. The minimum atomic E-state index is 0.531. The zero-order chi connectivity index (χ0) is 11.7. The average Bonchev–Trinajstić information content (AvgIpc) is 2.75. The molecule has 1 nitrogen and oxygen atoms in total. The van der Waals surface area contributed by atoms with Crippen LogP contribution in [0.2, 0.25) is 0 Å². The summed E-state index contributed by atoms with van der Waals surface area (Å²) in [4.78, 5) is 0. The lowest BCUT2D eigenvalue weighted by atomic mass is 9.81. The minimum Gasteiger partial charge on any atom is -0.505 e. The lowest BCUT2D eigenvalue weighted by Crippen LogP contribution is -2.16. The number of rotatable bonds is 2. The molecule has 0 amide bonds. The first-order valence-electron chi connectivity index (χ1n) is 7.12. The van der Waals surface area contributed by atoms with Crippen molar-refractivity contribution in [3.8, 4) is 0 Å². The molecule has 0 aromatic heterocycles. The van der Waals surface area contributed by atoms with Gasteiger partial charge in [0.1, 0.15) is 0 Å². The van der Waals surface area contributed by atoms with Crippen molar-refractivity contribution in [3.05, 3.63) is 24.5 Å². The maximum atomic E-state index is 5.20. The predicted octanol–water partition coefficient (Wildman–Crippen LogP) is 3.92. The zero-order valence-corrected chi connectivity index (χ0v) is 10.7. The lowest BCUT2D eigenvalue weighted by Gasteiger charge is -2.23. The van der Waals surface area contributed by atoms with Gasteiger partial charge in [-0.25, -0.2) is 0 Å². The summed E-state index contributed by atoms with van der Waals surface area (Å²) in [6, 6.07) is 0. The van der Waals surface area contributed by atoms with Gasteiger partial charge in [-0.1, -0.05) is 12.2 Å². The normalized spacial score (nSPS) is 54.9. The molecule has 0 saturated heterocycles. The van der Waals surface area contributed by atoms with E-state index in [-0.39, 0.29) is 0 Å². The van der Waals surface area contributed by atoms with Crippen LogP contribution in [0.4, 0.5) is 0 Å². The molecule has 4 fully saturated rings. The van der Waals surface area contributed by atoms with Gasteiger partial charge >= 0.3 is 0 Å². The average molecular weight is 230 g/mol. The molecule has 0 aromatic carbocycles. The quantitative estimate of drug-likeness (QED) is 0.516. The van der Waals surface area contributed by atoms with Gasteiger partial charge in [-0.15, -0.1) is 0 Å². The fourth-order valence-electron chi connectivity index (χ4n) is 5.88.